The number of hydrogen-bond acceptors (Lipinski definition) is 5. The number of thiophene rings is 1. The first-order valence-corrected chi connectivity index (χ1v) is 13.1. The Kier molecular flexibility index (Phi) is 6.76. The quantitative estimate of drug-likeness (QED) is 0.348. The van der Waals surface area contributed by atoms with Gasteiger partial charge in [-0.1, -0.05) is 43.3 Å². The summed E-state index contributed by atoms with van der Waals surface area (Å²) in [5, 5.41) is 7.40. The first kappa shape index (κ1) is 24.6. The number of nitrogens with one attached hydrogen (secondary N) is 1. The van der Waals surface area contributed by atoms with Gasteiger partial charge in [0, 0.05) is 30.2 Å². The summed E-state index contributed by atoms with van der Waals surface area (Å²) in [7, 11) is 1.88. The number of aryl methyl sites for hydroxylation is 3. The first-order chi connectivity index (χ1) is 17.9. The highest BCUT2D eigenvalue weighted by atomic mass is 32.1. The maximum absolute atomic E-state index is 13.5. The Bertz CT molecular complexity index is 1470. The second-order valence-corrected chi connectivity index (χ2v) is 10.3. The van der Waals surface area contributed by atoms with Crippen molar-refractivity contribution in [3.05, 3.63) is 98.9 Å². The summed E-state index contributed by atoms with van der Waals surface area (Å²) in [4.78, 5) is 42.6. The van der Waals surface area contributed by atoms with E-state index < -0.39 is 6.04 Å². The minimum absolute atomic E-state index is 0.0903. The molecule has 0 unspecified atom stereocenters. The van der Waals surface area contributed by atoms with E-state index in [1.807, 2.05) is 50.4 Å². The van der Waals surface area contributed by atoms with E-state index in [-0.39, 0.29) is 24.3 Å². The Hall–Kier alpha value is -4.04. The number of aromatic nitrogens is 2. The molecule has 5 rings (SSSR count). The highest BCUT2D eigenvalue weighted by Gasteiger charge is 2.37. The fraction of sp³-hybridized carbons (Fsp3) is 0.241. The molecule has 1 aliphatic heterocycles. The number of imide groups is 1. The number of carbonyl (C=O) groups is 3. The Morgan fingerprint density at radius 3 is 2.30 bits per heavy atom. The largest absolute Gasteiger partial charge is 0.346 e. The number of fused-ring (bicyclic) bond motifs is 1. The zero-order valence-electron chi connectivity index (χ0n) is 21.0. The Morgan fingerprint density at radius 1 is 1.00 bits per heavy atom. The summed E-state index contributed by atoms with van der Waals surface area (Å²) in [6.45, 7) is 4.17. The molecule has 188 valence electrons. The monoisotopic (exact) mass is 512 g/mol. The van der Waals surface area contributed by atoms with Crippen molar-refractivity contribution in [3.8, 4) is 11.3 Å². The van der Waals surface area contributed by atoms with Gasteiger partial charge < -0.3 is 5.32 Å². The first-order valence-electron chi connectivity index (χ1n) is 12.3. The highest BCUT2D eigenvalue weighted by Crippen LogP contribution is 2.32. The molecule has 3 amide bonds. The highest BCUT2D eigenvalue weighted by molar-refractivity contribution is 7.14. The zero-order chi connectivity index (χ0) is 26.1. The average Bonchev–Trinajstić information content (AvgIpc) is 3.58. The van der Waals surface area contributed by atoms with E-state index in [4.69, 9.17) is 0 Å². The third-order valence-corrected chi connectivity index (χ3v) is 8.07. The van der Waals surface area contributed by atoms with Gasteiger partial charge in [0.2, 0.25) is 0 Å². The molecule has 0 fully saturated rings. The standard InChI is InChI=1S/C29H28N4O3S/c1-4-25-23(24-13-14-30-32(24)3)16-26(37-25)27(34)31-20(15-19-10-6-5-9-18(19)2)17-33-28(35)21-11-7-8-12-22(21)29(33)36/h5-14,16,20H,4,15,17H2,1-3H3,(H,31,34)/t20-/m0/s1. The van der Waals surface area contributed by atoms with Crippen molar-refractivity contribution in [3.63, 3.8) is 0 Å². The molecule has 0 radical (unpaired) electrons. The van der Waals surface area contributed by atoms with Crippen LogP contribution in [0.1, 0.15) is 53.3 Å². The van der Waals surface area contributed by atoms with Crippen molar-refractivity contribution in [2.45, 2.75) is 32.7 Å². The molecule has 0 spiro atoms. The molecule has 1 N–H and O–H groups in total. The van der Waals surface area contributed by atoms with E-state index in [0.717, 1.165) is 33.7 Å². The molecule has 1 aliphatic rings. The molecule has 7 nitrogen and oxygen atoms in total. The van der Waals surface area contributed by atoms with Gasteiger partial charge in [-0.05, 0) is 55.2 Å². The maximum Gasteiger partial charge on any atom is 0.261 e. The van der Waals surface area contributed by atoms with Gasteiger partial charge in [0.1, 0.15) is 0 Å². The molecule has 8 heteroatoms. The fourth-order valence-corrected chi connectivity index (χ4v) is 5.82. The topological polar surface area (TPSA) is 84.3 Å². The SMILES string of the molecule is CCc1sc(C(=O)N[C@@H](Cc2ccccc2C)CN2C(=O)c3ccccc3C2=O)cc1-c1ccnn1C. The Balaban J connectivity index is 1.43. The van der Waals surface area contributed by atoms with Crippen LogP contribution in [0.5, 0.6) is 0 Å². The van der Waals surface area contributed by atoms with E-state index in [1.54, 1.807) is 35.1 Å². The smallest absolute Gasteiger partial charge is 0.261 e. The molecule has 4 aromatic rings. The Morgan fingerprint density at radius 2 is 1.68 bits per heavy atom. The molecule has 2 aromatic carbocycles. The van der Waals surface area contributed by atoms with Crippen molar-refractivity contribution in [1.29, 1.82) is 0 Å². The minimum atomic E-state index is -0.455. The summed E-state index contributed by atoms with van der Waals surface area (Å²) >= 11 is 1.46. The van der Waals surface area contributed by atoms with Crippen LogP contribution in [0.3, 0.4) is 0 Å². The second kappa shape index (κ2) is 10.1. The molecule has 2 aromatic heterocycles. The predicted molar refractivity (Wildman–Crippen MR) is 144 cm³/mol. The predicted octanol–water partition coefficient (Wildman–Crippen LogP) is 4.66. The maximum atomic E-state index is 13.5. The van der Waals surface area contributed by atoms with Gasteiger partial charge in [-0.15, -0.1) is 11.3 Å². The van der Waals surface area contributed by atoms with Gasteiger partial charge in [-0.3, -0.25) is 24.0 Å². The lowest BCUT2D eigenvalue weighted by Crippen LogP contribution is -2.46. The van der Waals surface area contributed by atoms with E-state index in [1.165, 1.54) is 16.2 Å². The number of hydrogen-bond donors (Lipinski definition) is 1. The molecule has 0 saturated heterocycles. The van der Waals surface area contributed by atoms with Crippen LogP contribution < -0.4 is 5.32 Å². The van der Waals surface area contributed by atoms with Gasteiger partial charge in [0.25, 0.3) is 17.7 Å². The van der Waals surface area contributed by atoms with E-state index >= 15 is 0 Å². The summed E-state index contributed by atoms with van der Waals surface area (Å²) in [6, 6.07) is 18.2. The van der Waals surface area contributed by atoms with Crippen molar-refractivity contribution < 1.29 is 14.4 Å². The van der Waals surface area contributed by atoms with E-state index in [0.29, 0.717) is 22.4 Å². The molecule has 37 heavy (non-hydrogen) atoms. The lowest BCUT2D eigenvalue weighted by Gasteiger charge is -2.24. The molecule has 0 aliphatic carbocycles. The average molecular weight is 513 g/mol. The summed E-state index contributed by atoms with van der Waals surface area (Å²) in [6.07, 6.45) is 3.03. The summed E-state index contributed by atoms with van der Waals surface area (Å²) in [5.74, 6) is -0.872. The number of rotatable bonds is 8. The van der Waals surface area contributed by atoms with E-state index in [2.05, 4.69) is 17.3 Å². The third-order valence-electron chi connectivity index (χ3n) is 6.79. The van der Waals surface area contributed by atoms with Crippen LogP contribution in [0.25, 0.3) is 11.3 Å². The van der Waals surface area contributed by atoms with Gasteiger partial charge in [0.05, 0.1) is 27.7 Å². The minimum Gasteiger partial charge on any atom is -0.346 e. The molecular weight excluding hydrogens is 484 g/mol. The van der Waals surface area contributed by atoms with Crippen LogP contribution in [0, 0.1) is 6.92 Å². The van der Waals surface area contributed by atoms with Crippen molar-refractivity contribution in [2.24, 2.45) is 7.05 Å². The third kappa shape index (κ3) is 4.72. The van der Waals surface area contributed by atoms with Gasteiger partial charge in [0.15, 0.2) is 0 Å². The van der Waals surface area contributed by atoms with Crippen molar-refractivity contribution >= 4 is 29.1 Å². The van der Waals surface area contributed by atoms with Crippen LogP contribution in [0.15, 0.2) is 66.9 Å². The normalized spacial score (nSPS) is 13.6. The number of nitrogens with zero attached hydrogens (tertiary/aromatic N) is 3. The van der Waals surface area contributed by atoms with Crippen molar-refractivity contribution in [1.82, 2.24) is 20.0 Å². The van der Waals surface area contributed by atoms with Crippen LogP contribution in [0.4, 0.5) is 0 Å². The molecule has 1 atom stereocenters. The van der Waals surface area contributed by atoms with Gasteiger partial charge >= 0.3 is 0 Å². The Labute approximate surface area is 219 Å². The fourth-order valence-electron chi connectivity index (χ4n) is 4.81. The summed E-state index contributed by atoms with van der Waals surface area (Å²) < 4.78 is 1.80. The zero-order valence-corrected chi connectivity index (χ0v) is 21.8. The van der Waals surface area contributed by atoms with Crippen LogP contribution >= 0.6 is 11.3 Å². The van der Waals surface area contributed by atoms with Crippen molar-refractivity contribution in [2.75, 3.05) is 6.54 Å². The van der Waals surface area contributed by atoms with Gasteiger partial charge in [-0.2, -0.15) is 5.10 Å². The molecule has 3 heterocycles. The lowest BCUT2D eigenvalue weighted by molar-refractivity contribution is 0.0629. The lowest BCUT2D eigenvalue weighted by atomic mass is 10.0. The van der Waals surface area contributed by atoms with Gasteiger partial charge in [-0.25, -0.2) is 0 Å². The van der Waals surface area contributed by atoms with Crippen LogP contribution in [-0.4, -0.2) is 45.0 Å². The van der Waals surface area contributed by atoms with E-state index in [9.17, 15) is 14.4 Å². The number of benzene rings is 2. The summed E-state index contributed by atoms with van der Waals surface area (Å²) in [5.41, 5.74) is 4.90. The number of amides is 3. The number of carbonyl (C=O) groups excluding carboxylic acids is 3. The van der Waals surface area contributed by atoms with Crippen LogP contribution in [0.2, 0.25) is 0 Å². The molecular formula is C29H28N4O3S. The second-order valence-electron chi connectivity index (χ2n) is 9.21. The molecule has 0 saturated carbocycles. The molecule has 0 bridgehead atoms. The van der Waals surface area contributed by atoms with Crippen LogP contribution in [-0.2, 0) is 19.9 Å².